The number of halogens is 2. The molecule has 0 amide bonds. The average Bonchev–Trinajstić information content (AvgIpc) is 2.74. The maximum atomic E-state index is 6.40. The molecule has 15 heavy (non-hydrogen) atoms. The second-order valence-corrected chi connectivity index (χ2v) is 10.1. The molecule has 5 heteroatoms. The number of alkyl halides is 2. The van der Waals surface area contributed by atoms with Gasteiger partial charge in [0.25, 0.3) is 0 Å². The highest BCUT2D eigenvalue weighted by atomic mass is 35.5. The van der Waals surface area contributed by atoms with Crippen molar-refractivity contribution in [1.29, 1.82) is 0 Å². The molecular formula is C10H20Cl2O2Si. The Morgan fingerprint density at radius 2 is 1.67 bits per heavy atom. The molecule has 0 aromatic carbocycles. The van der Waals surface area contributed by atoms with Gasteiger partial charge < -0.3 is 8.85 Å². The average molecular weight is 271 g/mol. The van der Waals surface area contributed by atoms with Gasteiger partial charge in [-0.05, 0) is 19.3 Å². The van der Waals surface area contributed by atoms with Crippen LogP contribution in [0.4, 0.5) is 0 Å². The lowest BCUT2D eigenvalue weighted by Gasteiger charge is -2.41. The van der Waals surface area contributed by atoms with Crippen LogP contribution >= 0.6 is 23.2 Å². The SMILES string of the molecule is CCC(Cl)(Cl)[Si](OC)(OC)C1CCCC1. The summed E-state index contributed by atoms with van der Waals surface area (Å²) in [7, 11) is 0.860. The van der Waals surface area contributed by atoms with E-state index >= 15 is 0 Å². The Hall–Kier alpha value is 0.717. The van der Waals surface area contributed by atoms with Crippen LogP contribution in [-0.4, -0.2) is 26.7 Å². The first-order chi connectivity index (χ1) is 7.04. The molecular weight excluding hydrogens is 251 g/mol. The first-order valence-electron chi connectivity index (χ1n) is 5.52. The molecule has 0 heterocycles. The van der Waals surface area contributed by atoms with Gasteiger partial charge >= 0.3 is 8.56 Å². The molecule has 1 aliphatic rings. The molecule has 1 rings (SSSR count). The van der Waals surface area contributed by atoms with Crippen molar-refractivity contribution in [3.63, 3.8) is 0 Å². The Morgan fingerprint density at radius 1 is 1.20 bits per heavy atom. The van der Waals surface area contributed by atoms with Gasteiger partial charge in [-0.3, -0.25) is 0 Å². The molecule has 0 N–H and O–H groups in total. The predicted octanol–water partition coefficient (Wildman–Crippen LogP) is 3.79. The number of hydrogen-bond acceptors (Lipinski definition) is 2. The highest BCUT2D eigenvalue weighted by Crippen LogP contribution is 2.49. The Bertz CT molecular complexity index is 202. The van der Waals surface area contributed by atoms with Crippen LogP contribution in [0.25, 0.3) is 0 Å². The van der Waals surface area contributed by atoms with Crippen molar-refractivity contribution in [1.82, 2.24) is 0 Å². The third-order valence-corrected chi connectivity index (χ3v) is 9.81. The third kappa shape index (κ3) is 2.37. The van der Waals surface area contributed by atoms with E-state index in [1.807, 2.05) is 6.92 Å². The van der Waals surface area contributed by atoms with Crippen molar-refractivity contribution in [2.45, 2.75) is 48.5 Å². The van der Waals surface area contributed by atoms with Gasteiger partial charge in [0.15, 0.2) is 3.96 Å². The summed E-state index contributed by atoms with van der Waals surface area (Å²) in [5.74, 6) is 0. The molecule has 1 aliphatic carbocycles. The van der Waals surface area contributed by atoms with Gasteiger partial charge in [-0.1, -0.05) is 43.0 Å². The molecule has 1 saturated carbocycles. The van der Waals surface area contributed by atoms with E-state index in [0.29, 0.717) is 12.0 Å². The zero-order valence-corrected chi connectivity index (χ0v) is 12.2. The van der Waals surface area contributed by atoms with Crippen LogP contribution in [0.2, 0.25) is 5.54 Å². The topological polar surface area (TPSA) is 18.5 Å². The Kier molecular flexibility index (Phi) is 4.93. The summed E-state index contributed by atoms with van der Waals surface area (Å²) in [4.78, 5) is 0. The van der Waals surface area contributed by atoms with Crippen LogP contribution in [-0.2, 0) is 8.85 Å². The van der Waals surface area contributed by atoms with Crippen molar-refractivity contribution in [2.24, 2.45) is 0 Å². The maximum absolute atomic E-state index is 6.40. The lowest BCUT2D eigenvalue weighted by atomic mass is 10.4. The first-order valence-corrected chi connectivity index (χ1v) is 8.17. The molecule has 0 saturated heterocycles. The van der Waals surface area contributed by atoms with E-state index in [1.54, 1.807) is 14.2 Å². The fraction of sp³-hybridized carbons (Fsp3) is 1.00. The summed E-state index contributed by atoms with van der Waals surface area (Å²) in [6, 6.07) is 0. The van der Waals surface area contributed by atoms with Gasteiger partial charge in [0.2, 0.25) is 0 Å². The zero-order valence-electron chi connectivity index (χ0n) is 9.69. The third-order valence-electron chi connectivity index (χ3n) is 3.45. The summed E-state index contributed by atoms with van der Waals surface area (Å²) in [5, 5.41) is 0. The van der Waals surface area contributed by atoms with Crippen LogP contribution < -0.4 is 0 Å². The Balaban J connectivity index is 2.94. The molecule has 0 aromatic rings. The molecule has 90 valence electrons. The van der Waals surface area contributed by atoms with Gasteiger partial charge in [0.05, 0.1) is 0 Å². The van der Waals surface area contributed by atoms with Gasteiger partial charge in [0, 0.05) is 19.8 Å². The fourth-order valence-electron chi connectivity index (χ4n) is 2.57. The minimum absolute atomic E-state index is 0.433. The molecule has 1 fully saturated rings. The maximum Gasteiger partial charge on any atom is 0.378 e. The van der Waals surface area contributed by atoms with Crippen LogP contribution in [0.3, 0.4) is 0 Å². The first kappa shape index (κ1) is 13.8. The molecule has 0 unspecified atom stereocenters. The lowest BCUT2D eigenvalue weighted by Crippen LogP contribution is -2.58. The van der Waals surface area contributed by atoms with Gasteiger partial charge in [-0.15, -0.1) is 0 Å². The van der Waals surface area contributed by atoms with E-state index in [-0.39, 0.29) is 0 Å². The second-order valence-electron chi connectivity index (χ2n) is 4.12. The van der Waals surface area contributed by atoms with Crippen molar-refractivity contribution in [3.05, 3.63) is 0 Å². The zero-order chi connectivity index (χ0) is 11.5. The number of hydrogen-bond donors (Lipinski definition) is 0. The Morgan fingerprint density at radius 3 is 2.00 bits per heavy atom. The predicted molar refractivity (Wildman–Crippen MR) is 66.7 cm³/mol. The quantitative estimate of drug-likeness (QED) is 0.559. The molecule has 2 nitrogen and oxygen atoms in total. The smallest absolute Gasteiger partial charge is 0.378 e. The summed E-state index contributed by atoms with van der Waals surface area (Å²) < 4.78 is 10.5. The van der Waals surface area contributed by atoms with Gasteiger partial charge in [-0.2, -0.15) is 0 Å². The highest BCUT2D eigenvalue weighted by Gasteiger charge is 2.59. The molecule has 0 spiro atoms. The standard InChI is InChI=1S/C10H20Cl2O2Si/c1-4-10(11,12)15(13-2,14-3)9-7-5-6-8-9/h9H,4-8H2,1-3H3. The molecule has 0 atom stereocenters. The summed E-state index contributed by atoms with van der Waals surface area (Å²) in [6.07, 6.45) is 5.41. The van der Waals surface area contributed by atoms with Crippen molar-refractivity contribution in [2.75, 3.05) is 14.2 Å². The van der Waals surface area contributed by atoms with E-state index in [2.05, 4.69) is 0 Å². The van der Waals surface area contributed by atoms with E-state index in [0.717, 1.165) is 12.8 Å². The number of rotatable bonds is 5. The summed E-state index contributed by atoms with van der Waals surface area (Å²) >= 11 is 12.8. The second kappa shape index (κ2) is 5.37. The van der Waals surface area contributed by atoms with Crippen LogP contribution in [0, 0.1) is 0 Å². The van der Waals surface area contributed by atoms with Crippen LogP contribution in [0.1, 0.15) is 39.0 Å². The molecule has 0 aliphatic heterocycles. The molecule has 0 bridgehead atoms. The molecule has 0 radical (unpaired) electrons. The van der Waals surface area contributed by atoms with E-state index in [9.17, 15) is 0 Å². The largest absolute Gasteiger partial charge is 0.396 e. The van der Waals surface area contributed by atoms with E-state index in [1.165, 1.54) is 12.8 Å². The van der Waals surface area contributed by atoms with E-state index < -0.39 is 12.5 Å². The summed E-state index contributed by atoms with van der Waals surface area (Å²) in [5.41, 5.74) is 0.433. The van der Waals surface area contributed by atoms with Crippen LogP contribution in [0.15, 0.2) is 0 Å². The Labute approximate surface area is 103 Å². The minimum atomic E-state index is -2.51. The van der Waals surface area contributed by atoms with E-state index in [4.69, 9.17) is 32.1 Å². The lowest BCUT2D eigenvalue weighted by molar-refractivity contribution is 0.219. The minimum Gasteiger partial charge on any atom is -0.396 e. The molecule has 0 aromatic heterocycles. The normalized spacial score (nSPS) is 19.8. The van der Waals surface area contributed by atoms with Crippen molar-refractivity contribution in [3.8, 4) is 0 Å². The van der Waals surface area contributed by atoms with Gasteiger partial charge in [-0.25, -0.2) is 0 Å². The van der Waals surface area contributed by atoms with Crippen LogP contribution in [0.5, 0.6) is 0 Å². The highest BCUT2D eigenvalue weighted by molar-refractivity contribution is 6.89. The van der Waals surface area contributed by atoms with Crippen molar-refractivity contribution < 1.29 is 8.85 Å². The van der Waals surface area contributed by atoms with Crippen molar-refractivity contribution >= 4 is 31.8 Å². The fourth-order valence-corrected chi connectivity index (χ4v) is 8.11. The monoisotopic (exact) mass is 270 g/mol. The summed E-state index contributed by atoms with van der Waals surface area (Å²) in [6.45, 7) is 1.98. The van der Waals surface area contributed by atoms with Gasteiger partial charge in [0.1, 0.15) is 0 Å².